The summed E-state index contributed by atoms with van der Waals surface area (Å²) in [5.74, 6) is 0.249. The number of rotatable bonds is 2. The maximum absolute atomic E-state index is 9.73. The Morgan fingerprint density at radius 3 is 2.72 bits per heavy atom. The molecule has 0 aliphatic carbocycles. The number of halogens is 1. The minimum atomic E-state index is -0.0563. The molecule has 0 amide bonds. The van der Waals surface area contributed by atoms with Gasteiger partial charge in [-0.25, -0.2) is 0 Å². The van der Waals surface area contributed by atoms with Gasteiger partial charge in [-0.3, -0.25) is 9.90 Å². The minimum absolute atomic E-state index is 0.0563. The Morgan fingerprint density at radius 1 is 1.50 bits per heavy atom. The summed E-state index contributed by atoms with van der Waals surface area (Å²) < 4.78 is 0. The Bertz CT molecular complexity index is 497. The molecule has 1 fully saturated rings. The molecule has 18 heavy (non-hydrogen) atoms. The van der Waals surface area contributed by atoms with Crippen molar-refractivity contribution < 1.29 is 9.94 Å². The van der Waals surface area contributed by atoms with Crippen LogP contribution in [-0.2, 0) is 11.4 Å². The molecule has 0 spiro atoms. The molecule has 0 radical (unpaired) electrons. The Hall–Kier alpha value is -1.19. The fourth-order valence-corrected chi connectivity index (χ4v) is 2.14. The van der Waals surface area contributed by atoms with E-state index in [0.29, 0.717) is 18.2 Å². The lowest BCUT2D eigenvalue weighted by molar-refractivity contribution is -0.101. The first-order valence-corrected chi connectivity index (χ1v) is 6.27. The summed E-state index contributed by atoms with van der Waals surface area (Å²) in [6, 6.07) is 3.44. The van der Waals surface area contributed by atoms with Crippen molar-refractivity contribution in [2.45, 2.75) is 27.3 Å². The molecule has 1 aliphatic heterocycles. The van der Waals surface area contributed by atoms with Gasteiger partial charge >= 0.3 is 0 Å². The van der Waals surface area contributed by atoms with Crippen LogP contribution in [0, 0.1) is 12.3 Å². The average molecular weight is 268 g/mol. The molecule has 1 saturated heterocycles. The van der Waals surface area contributed by atoms with Gasteiger partial charge in [0, 0.05) is 16.1 Å². The molecule has 0 atom stereocenters. The Balaban J connectivity index is 2.21. The summed E-state index contributed by atoms with van der Waals surface area (Å²) in [7, 11) is 0. The smallest absolute Gasteiger partial charge is 0.118 e. The number of phenolic OH excluding ortho intramolecular Hbond substituents is 1. The maximum atomic E-state index is 9.73. The predicted molar refractivity (Wildman–Crippen MR) is 72.3 cm³/mol. The van der Waals surface area contributed by atoms with Crippen molar-refractivity contribution >= 4 is 11.6 Å². The van der Waals surface area contributed by atoms with Crippen LogP contribution in [0.2, 0.25) is 5.02 Å². The van der Waals surface area contributed by atoms with E-state index < -0.39 is 0 Å². The fraction of sp³-hybridized carbons (Fsp3) is 0.429. The topological polar surface area (TPSA) is 32.7 Å². The quantitative estimate of drug-likeness (QED) is 0.888. The number of phenols is 1. The van der Waals surface area contributed by atoms with Crippen LogP contribution >= 0.6 is 11.6 Å². The first-order chi connectivity index (χ1) is 8.31. The molecule has 0 unspecified atom stereocenters. The molecule has 0 saturated carbocycles. The standard InChI is InChI=1S/C14H18ClNO2/c1-9-5-12(15)11(6-13(9)17)7-16-10(2)14(3,4)8-18-16/h5-6,17H,2,7-8H2,1,3-4H3. The van der Waals surface area contributed by atoms with E-state index in [0.717, 1.165) is 16.8 Å². The molecule has 1 heterocycles. The molecular weight excluding hydrogens is 250 g/mol. The van der Waals surface area contributed by atoms with Crippen LogP contribution in [0.15, 0.2) is 24.4 Å². The molecule has 4 heteroatoms. The van der Waals surface area contributed by atoms with E-state index in [1.54, 1.807) is 17.2 Å². The van der Waals surface area contributed by atoms with Gasteiger partial charge in [-0.2, -0.15) is 0 Å². The second kappa shape index (κ2) is 4.48. The average Bonchev–Trinajstić information content (AvgIpc) is 2.53. The van der Waals surface area contributed by atoms with Gasteiger partial charge in [-0.1, -0.05) is 32.0 Å². The van der Waals surface area contributed by atoms with Gasteiger partial charge in [0.15, 0.2) is 0 Å². The maximum Gasteiger partial charge on any atom is 0.118 e. The van der Waals surface area contributed by atoms with Crippen molar-refractivity contribution in [2.24, 2.45) is 5.41 Å². The van der Waals surface area contributed by atoms with Gasteiger partial charge in [0.1, 0.15) is 5.75 Å². The molecule has 1 aliphatic rings. The molecule has 1 aromatic carbocycles. The van der Waals surface area contributed by atoms with Crippen molar-refractivity contribution in [1.82, 2.24) is 5.06 Å². The van der Waals surface area contributed by atoms with Crippen LogP contribution in [0.5, 0.6) is 5.75 Å². The molecule has 0 aromatic heterocycles. The third-order valence-electron chi connectivity index (χ3n) is 3.34. The fourth-order valence-electron chi connectivity index (χ4n) is 1.86. The number of nitrogens with zero attached hydrogens (tertiary/aromatic N) is 1. The van der Waals surface area contributed by atoms with Gasteiger partial charge in [0.25, 0.3) is 0 Å². The number of benzene rings is 1. The Kier molecular flexibility index (Phi) is 3.30. The molecule has 2 rings (SSSR count). The zero-order chi connectivity index (χ0) is 13.5. The van der Waals surface area contributed by atoms with E-state index in [1.807, 2.05) is 6.92 Å². The van der Waals surface area contributed by atoms with Crippen molar-refractivity contribution in [3.63, 3.8) is 0 Å². The number of aromatic hydroxyl groups is 1. The monoisotopic (exact) mass is 267 g/mol. The minimum Gasteiger partial charge on any atom is -0.508 e. The molecule has 0 bridgehead atoms. The zero-order valence-electron chi connectivity index (χ0n) is 11.0. The highest BCUT2D eigenvalue weighted by Crippen LogP contribution is 2.37. The Morgan fingerprint density at radius 2 is 2.17 bits per heavy atom. The van der Waals surface area contributed by atoms with Crippen molar-refractivity contribution in [3.05, 3.63) is 40.6 Å². The van der Waals surface area contributed by atoms with Gasteiger partial charge < -0.3 is 5.11 Å². The summed E-state index contributed by atoms with van der Waals surface area (Å²) in [5, 5.41) is 12.1. The van der Waals surface area contributed by atoms with Crippen LogP contribution in [0.25, 0.3) is 0 Å². The molecule has 1 N–H and O–H groups in total. The van der Waals surface area contributed by atoms with E-state index in [2.05, 4.69) is 20.4 Å². The summed E-state index contributed by atoms with van der Waals surface area (Å²) in [6.45, 7) is 11.1. The number of hydroxylamine groups is 2. The second-order valence-corrected chi connectivity index (χ2v) is 5.78. The van der Waals surface area contributed by atoms with E-state index in [9.17, 15) is 5.11 Å². The number of hydrogen-bond acceptors (Lipinski definition) is 3. The van der Waals surface area contributed by atoms with E-state index in [1.165, 1.54) is 0 Å². The SMILES string of the molecule is C=C1N(Cc2cc(O)c(C)cc2Cl)OCC1(C)C. The lowest BCUT2D eigenvalue weighted by Crippen LogP contribution is -2.19. The van der Waals surface area contributed by atoms with Gasteiger partial charge in [-0.05, 0) is 30.2 Å². The van der Waals surface area contributed by atoms with Crippen LogP contribution in [0.1, 0.15) is 25.0 Å². The lowest BCUT2D eigenvalue weighted by atomic mass is 9.92. The molecule has 3 nitrogen and oxygen atoms in total. The molecule has 1 aromatic rings. The third kappa shape index (κ3) is 2.33. The van der Waals surface area contributed by atoms with Gasteiger partial charge in [-0.15, -0.1) is 0 Å². The third-order valence-corrected chi connectivity index (χ3v) is 3.69. The summed E-state index contributed by atoms with van der Waals surface area (Å²) >= 11 is 6.18. The second-order valence-electron chi connectivity index (χ2n) is 5.37. The first kappa shape index (κ1) is 13.2. The highest BCUT2D eigenvalue weighted by atomic mass is 35.5. The predicted octanol–water partition coefficient (Wildman–Crippen LogP) is 3.64. The molecule has 98 valence electrons. The van der Waals surface area contributed by atoms with Crippen molar-refractivity contribution in [2.75, 3.05) is 6.61 Å². The van der Waals surface area contributed by atoms with E-state index >= 15 is 0 Å². The van der Waals surface area contributed by atoms with Crippen LogP contribution in [0.4, 0.5) is 0 Å². The van der Waals surface area contributed by atoms with Gasteiger partial charge in [0.05, 0.1) is 13.2 Å². The normalized spacial score (nSPS) is 18.4. The Labute approximate surface area is 113 Å². The lowest BCUT2D eigenvalue weighted by Gasteiger charge is -2.22. The van der Waals surface area contributed by atoms with Crippen LogP contribution in [0.3, 0.4) is 0 Å². The van der Waals surface area contributed by atoms with Crippen LogP contribution in [-0.4, -0.2) is 16.8 Å². The van der Waals surface area contributed by atoms with Gasteiger partial charge in [0.2, 0.25) is 0 Å². The largest absolute Gasteiger partial charge is 0.508 e. The van der Waals surface area contributed by atoms with Crippen molar-refractivity contribution in [1.29, 1.82) is 0 Å². The molecular formula is C14H18ClNO2. The van der Waals surface area contributed by atoms with E-state index in [4.69, 9.17) is 16.4 Å². The number of aryl methyl sites for hydroxylation is 1. The van der Waals surface area contributed by atoms with Crippen LogP contribution < -0.4 is 0 Å². The summed E-state index contributed by atoms with van der Waals surface area (Å²) in [4.78, 5) is 5.60. The first-order valence-electron chi connectivity index (χ1n) is 5.89. The van der Waals surface area contributed by atoms with E-state index in [-0.39, 0.29) is 11.2 Å². The summed E-state index contributed by atoms with van der Waals surface area (Å²) in [5.41, 5.74) is 2.47. The zero-order valence-corrected chi connectivity index (χ0v) is 11.7. The highest BCUT2D eigenvalue weighted by molar-refractivity contribution is 6.31. The highest BCUT2D eigenvalue weighted by Gasteiger charge is 2.34. The number of hydrogen-bond donors (Lipinski definition) is 1. The summed E-state index contributed by atoms with van der Waals surface area (Å²) in [6.07, 6.45) is 0. The van der Waals surface area contributed by atoms with Crippen molar-refractivity contribution in [3.8, 4) is 5.75 Å².